The SMILES string of the molecule is Brc1ccc(C2=Cc3c(oc4cc5ccccc5cc34)CC2)cc1. The van der Waals surface area contributed by atoms with Crippen molar-refractivity contribution in [3.8, 4) is 0 Å². The largest absolute Gasteiger partial charge is 0.460 e. The van der Waals surface area contributed by atoms with E-state index in [-0.39, 0.29) is 0 Å². The minimum atomic E-state index is 0.961. The van der Waals surface area contributed by atoms with Gasteiger partial charge in [-0.15, -0.1) is 0 Å². The van der Waals surface area contributed by atoms with E-state index in [4.69, 9.17) is 4.42 Å². The molecule has 24 heavy (non-hydrogen) atoms. The van der Waals surface area contributed by atoms with Crippen LogP contribution in [0.3, 0.4) is 0 Å². The Balaban J connectivity index is 1.71. The molecule has 1 aliphatic rings. The third-order valence-corrected chi connectivity index (χ3v) is 5.36. The Kier molecular flexibility index (Phi) is 3.14. The van der Waals surface area contributed by atoms with Crippen LogP contribution in [0.2, 0.25) is 0 Å². The minimum absolute atomic E-state index is 0.961. The van der Waals surface area contributed by atoms with Crippen molar-refractivity contribution < 1.29 is 4.42 Å². The lowest BCUT2D eigenvalue weighted by molar-refractivity contribution is 0.548. The Hall–Kier alpha value is -2.32. The van der Waals surface area contributed by atoms with Gasteiger partial charge in [0, 0.05) is 21.8 Å². The van der Waals surface area contributed by atoms with Crippen LogP contribution in [0.1, 0.15) is 23.3 Å². The highest BCUT2D eigenvalue weighted by molar-refractivity contribution is 9.10. The van der Waals surface area contributed by atoms with Crippen molar-refractivity contribution >= 4 is 49.3 Å². The molecular weight excluding hydrogens is 360 g/mol. The van der Waals surface area contributed by atoms with Gasteiger partial charge >= 0.3 is 0 Å². The van der Waals surface area contributed by atoms with Crippen LogP contribution in [0.4, 0.5) is 0 Å². The average molecular weight is 375 g/mol. The number of aryl methyl sites for hydroxylation is 1. The van der Waals surface area contributed by atoms with Crippen LogP contribution in [0, 0.1) is 0 Å². The molecule has 0 saturated carbocycles. The molecule has 0 fully saturated rings. The quantitative estimate of drug-likeness (QED) is 0.355. The Morgan fingerprint density at radius 1 is 0.833 bits per heavy atom. The van der Waals surface area contributed by atoms with Crippen molar-refractivity contribution in [3.05, 3.63) is 82.0 Å². The van der Waals surface area contributed by atoms with Gasteiger partial charge in [-0.25, -0.2) is 0 Å². The normalized spacial score (nSPS) is 14.0. The van der Waals surface area contributed by atoms with Gasteiger partial charge in [0.05, 0.1) is 0 Å². The number of hydrogen-bond donors (Lipinski definition) is 0. The molecule has 2 heteroatoms. The van der Waals surface area contributed by atoms with Crippen LogP contribution >= 0.6 is 15.9 Å². The summed E-state index contributed by atoms with van der Waals surface area (Å²) in [6.07, 6.45) is 4.29. The topological polar surface area (TPSA) is 13.1 Å². The highest BCUT2D eigenvalue weighted by Crippen LogP contribution is 2.38. The van der Waals surface area contributed by atoms with Crippen LogP contribution in [-0.4, -0.2) is 0 Å². The summed E-state index contributed by atoms with van der Waals surface area (Å²) < 4.78 is 7.26. The standard InChI is InChI=1S/C22H15BrO/c23-18-8-5-14(6-9-18)17-7-10-21-19(12-17)20-11-15-3-1-2-4-16(15)13-22(20)24-21/h1-6,8-9,11-13H,7,10H2. The molecule has 0 bridgehead atoms. The maximum atomic E-state index is 6.15. The van der Waals surface area contributed by atoms with Crippen LogP contribution in [0.25, 0.3) is 33.4 Å². The molecule has 1 heterocycles. The van der Waals surface area contributed by atoms with E-state index >= 15 is 0 Å². The highest BCUT2D eigenvalue weighted by Gasteiger charge is 2.19. The van der Waals surface area contributed by atoms with Crippen molar-refractivity contribution in [1.29, 1.82) is 0 Å². The summed E-state index contributed by atoms with van der Waals surface area (Å²) >= 11 is 3.51. The highest BCUT2D eigenvalue weighted by atomic mass is 79.9. The summed E-state index contributed by atoms with van der Waals surface area (Å²) in [5, 5.41) is 3.71. The Bertz CT molecular complexity index is 1100. The number of hydrogen-bond acceptors (Lipinski definition) is 1. The van der Waals surface area contributed by atoms with Crippen molar-refractivity contribution in [2.24, 2.45) is 0 Å². The first-order valence-electron chi connectivity index (χ1n) is 8.19. The van der Waals surface area contributed by atoms with Crippen molar-refractivity contribution in [2.75, 3.05) is 0 Å². The summed E-state index contributed by atoms with van der Waals surface area (Å²) in [4.78, 5) is 0. The first kappa shape index (κ1) is 14.1. The Morgan fingerprint density at radius 3 is 2.38 bits per heavy atom. The van der Waals surface area contributed by atoms with Crippen molar-refractivity contribution in [3.63, 3.8) is 0 Å². The van der Waals surface area contributed by atoms with Gasteiger partial charge in [0.25, 0.3) is 0 Å². The molecule has 5 rings (SSSR count). The molecule has 1 aliphatic carbocycles. The zero-order valence-electron chi connectivity index (χ0n) is 13.1. The second kappa shape index (κ2) is 5.35. The third-order valence-electron chi connectivity index (χ3n) is 4.83. The molecule has 0 atom stereocenters. The summed E-state index contributed by atoms with van der Waals surface area (Å²) in [6.45, 7) is 0. The number of rotatable bonds is 1. The average Bonchev–Trinajstić information content (AvgIpc) is 2.97. The van der Waals surface area contributed by atoms with E-state index in [9.17, 15) is 0 Å². The van der Waals surface area contributed by atoms with Gasteiger partial charge in [0.1, 0.15) is 11.3 Å². The predicted octanol–water partition coefficient (Wildman–Crippen LogP) is 6.84. The lowest BCUT2D eigenvalue weighted by Gasteiger charge is -2.13. The number of benzene rings is 3. The minimum Gasteiger partial charge on any atom is -0.460 e. The molecule has 0 N–H and O–H groups in total. The molecule has 0 aliphatic heterocycles. The molecule has 1 aromatic heterocycles. The van der Waals surface area contributed by atoms with Gasteiger partial charge in [0.2, 0.25) is 0 Å². The molecule has 0 amide bonds. The summed E-state index contributed by atoms with van der Waals surface area (Å²) in [5.74, 6) is 1.11. The van der Waals surface area contributed by atoms with Crippen LogP contribution < -0.4 is 0 Å². The zero-order valence-corrected chi connectivity index (χ0v) is 14.6. The van der Waals surface area contributed by atoms with Gasteiger partial charge in [-0.05, 0) is 58.7 Å². The fraction of sp³-hybridized carbons (Fsp3) is 0.0909. The monoisotopic (exact) mass is 374 g/mol. The van der Waals surface area contributed by atoms with E-state index in [1.54, 1.807) is 0 Å². The molecule has 0 spiro atoms. The second-order valence-electron chi connectivity index (χ2n) is 6.31. The maximum absolute atomic E-state index is 6.15. The molecule has 0 saturated heterocycles. The van der Waals surface area contributed by atoms with E-state index in [2.05, 4.69) is 82.7 Å². The van der Waals surface area contributed by atoms with Crippen LogP contribution in [-0.2, 0) is 6.42 Å². The van der Waals surface area contributed by atoms with Gasteiger partial charge in [-0.3, -0.25) is 0 Å². The first-order valence-corrected chi connectivity index (χ1v) is 8.98. The maximum Gasteiger partial charge on any atom is 0.135 e. The summed E-state index contributed by atoms with van der Waals surface area (Å²) in [7, 11) is 0. The molecule has 3 aromatic carbocycles. The molecule has 116 valence electrons. The van der Waals surface area contributed by atoms with E-state index in [0.717, 1.165) is 28.7 Å². The number of allylic oxidation sites excluding steroid dienone is 1. The van der Waals surface area contributed by atoms with Gasteiger partial charge in [-0.2, -0.15) is 0 Å². The third kappa shape index (κ3) is 2.22. The van der Waals surface area contributed by atoms with Gasteiger partial charge in [-0.1, -0.05) is 52.3 Å². The molecule has 0 unspecified atom stereocenters. The molecule has 0 radical (unpaired) electrons. The van der Waals surface area contributed by atoms with Crippen LogP contribution in [0.15, 0.2) is 69.6 Å². The second-order valence-corrected chi connectivity index (χ2v) is 7.23. The fourth-order valence-corrected chi connectivity index (χ4v) is 3.85. The molecule has 1 nitrogen and oxygen atoms in total. The fourth-order valence-electron chi connectivity index (χ4n) is 3.58. The summed E-state index contributed by atoms with van der Waals surface area (Å²) in [5.41, 5.74) is 4.91. The zero-order chi connectivity index (χ0) is 16.1. The number of halogens is 1. The smallest absolute Gasteiger partial charge is 0.135 e. The van der Waals surface area contributed by atoms with Gasteiger partial charge < -0.3 is 4.42 Å². The Morgan fingerprint density at radius 2 is 1.58 bits per heavy atom. The molecule has 4 aromatic rings. The summed E-state index contributed by atoms with van der Waals surface area (Å²) in [6, 6.07) is 21.4. The van der Waals surface area contributed by atoms with E-state index in [0.29, 0.717) is 0 Å². The molecular formula is C22H15BrO. The van der Waals surface area contributed by atoms with Crippen molar-refractivity contribution in [2.45, 2.75) is 12.8 Å². The number of furan rings is 1. The van der Waals surface area contributed by atoms with E-state index in [1.807, 2.05) is 0 Å². The van der Waals surface area contributed by atoms with E-state index < -0.39 is 0 Å². The van der Waals surface area contributed by atoms with Crippen molar-refractivity contribution in [1.82, 2.24) is 0 Å². The lowest BCUT2D eigenvalue weighted by atomic mass is 9.91. The Labute approximate surface area is 148 Å². The van der Waals surface area contributed by atoms with Gasteiger partial charge in [0.15, 0.2) is 0 Å². The first-order chi connectivity index (χ1) is 11.8. The lowest BCUT2D eigenvalue weighted by Crippen LogP contribution is -1.96. The number of fused-ring (bicyclic) bond motifs is 4. The van der Waals surface area contributed by atoms with E-state index in [1.165, 1.54) is 32.9 Å². The predicted molar refractivity (Wildman–Crippen MR) is 104 cm³/mol. The van der Waals surface area contributed by atoms with Crippen LogP contribution in [0.5, 0.6) is 0 Å².